The normalized spacial score (nSPS) is 18.4. The van der Waals surface area contributed by atoms with Gasteiger partial charge in [-0.05, 0) is 47.2 Å². The van der Waals surface area contributed by atoms with Crippen molar-refractivity contribution in [3.8, 4) is 0 Å². The van der Waals surface area contributed by atoms with Gasteiger partial charge < -0.3 is 10.3 Å². The molecule has 1 amide bonds. The Labute approximate surface area is 210 Å². The molecule has 0 radical (unpaired) electrons. The van der Waals surface area contributed by atoms with Crippen molar-refractivity contribution in [3.05, 3.63) is 89.7 Å². The quantitative estimate of drug-likeness (QED) is 0.362. The zero-order valence-electron chi connectivity index (χ0n) is 20.1. The highest BCUT2D eigenvalue weighted by Gasteiger charge is 2.37. The first-order valence-electron chi connectivity index (χ1n) is 12.2. The van der Waals surface area contributed by atoms with E-state index < -0.39 is 0 Å². The molecule has 4 aromatic rings. The standard InChI is InChI=1S/C28H31N5OS/c1-19(2)22-11-9-20(10-12-22)17-33-18-23(35-28-31-24-7-3-4-8-25(24)32-28)14-26(33)27(34)30-16-21-6-5-13-29-15-21/h3-13,15,19,23,26H,14,16-18H2,1-2H3,(H,30,34)(H,31,32)/t23-,26+/m1/s1. The molecule has 180 valence electrons. The number of thioether (sulfide) groups is 1. The lowest BCUT2D eigenvalue weighted by Crippen LogP contribution is -2.42. The van der Waals surface area contributed by atoms with Gasteiger partial charge in [-0.25, -0.2) is 4.98 Å². The molecule has 6 nitrogen and oxygen atoms in total. The third kappa shape index (κ3) is 5.74. The molecule has 0 saturated carbocycles. The van der Waals surface area contributed by atoms with Gasteiger partial charge in [-0.3, -0.25) is 14.7 Å². The number of nitrogens with one attached hydrogen (secondary N) is 2. The van der Waals surface area contributed by atoms with Crippen LogP contribution in [0.25, 0.3) is 11.0 Å². The fourth-order valence-corrected chi connectivity index (χ4v) is 5.77. The number of nitrogens with zero attached hydrogens (tertiary/aromatic N) is 3. The van der Waals surface area contributed by atoms with Crippen LogP contribution in [-0.2, 0) is 17.9 Å². The highest BCUT2D eigenvalue weighted by molar-refractivity contribution is 7.99. The van der Waals surface area contributed by atoms with Crippen molar-refractivity contribution in [1.82, 2.24) is 25.2 Å². The molecule has 0 aliphatic carbocycles. The molecule has 2 aromatic heterocycles. The topological polar surface area (TPSA) is 73.9 Å². The summed E-state index contributed by atoms with van der Waals surface area (Å²) in [5.41, 5.74) is 5.58. The third-order valence-electron chi connectivity index (χ3n) is 6.54. The summed E-state index contributed by atoms with van der Waals surface area (Å²) in [5.74, 6) is 0.576. The van der Waals surface area contributed by atoms with Gasteiger partial charge in [0.1, 0.15) is 0 Å². The zero-order chi connectivity index (χ0) is 24.2. The van der Waals surface area contributed by atoms with Crippen LogP contribution in [0.2, 0.25) is 0 Å². The van der Waals surface area contributed by atoms with E-state index in [0.29, 0.717) is 12.5 Å². The number of para-hydroxylation sites is 2. The number of likely N-dealkylation sites (tertiary alicyclic amines) is 1. The van der Waals surface area contributed by atoms with Crippen LogP contribution >= 0.6 is 11.8 Å². The van der Waals surface area contributed by atoms with Crippen LogP contribution < -0.4 is 5.32 Å². The molecule has 2 aromatic carbocycles. The number of benzene rings is 2. The number of amides is 1. The fraction of sp³-hybridized carbons (Fsp3) is 0.321. The first kappa shape index (κ1) is 23.6. The maximum absolute atomic E-state index is 13.3. The van der Waals surface area contributed by atoms with Crippen LogP contribution in [0.15, 0.2) is 78.2 Å². The number of carbonyl (C=O) groups excluding carboxylic acids is 1. The van der Waals surface area contributed by atoms with Gasteiger partial charge in [-0.15, -0.1) is 0 Å². The molecule has 35 heavy (non-hydrogen) atoms. The van der Waals surface area contributed by atoms with Gasteiger partial charge >= 0.3 is 0 Å². The van der Waals surface area contributed by atoms with E-state index >= 15 is 0 Å². The minimum atomic E-state index is -0.182. The lowest BCUT2D eigenvalue weighted by molar-refractivity contribution is -0.125. The number of aromatic amines is 1. The summed E-state index contributed by atoms with van der Waals surface area (Å²) >= 11 is 1.73. The molecular weight excluding hydrogens is 454 g/mol. The summed E-state index contributed by atoms with van der Waals surface area (Å²) in [7, 11) is 0. The van der Waals surface area contributed by atoms with Gasteiger partial charge in [0.15, 0.2) is 5.16 Å². The molecule has 1 saturated heterocycles. The molecular formula is C28H31N5OS. The molecule has 1 fully saturated rings. The number of pyridine rings is 1. The largest absolute Gasteiger partial charge is 0.351 e. The van der Waals surface area contributed by atoms with Gasteiger partial charge in [-0.2, -0.15) is 0 Å². The lowest BCUT2D eigenvalue weighted by Gasteiger charge is -2.24. The Morgan fingerprint density at radius 3 is 2.69 bits per heavy atom. The Hall–Kier alpha value is -3.16. The van der Waals surface area contributed by atoms with Crippen molar-refractivity contribution >= 4 is 28.7 Å². The molecule has 2 N–H and O–H groups in total. The van der Waals surface area contributed by atoms with Gasteiger partial charge in [-0.1, -0.05) is 68.1 Å². The second-order valence-electron chi connectivity index (χ2n) is 9.46. The zero-order valence-corrected chi connectivity index (χ0v) is 21.0. The number of carbonyl (C=O) groups is 1. The summed E-state index contributed by atoms with van der Waals surface area (Å²) in [6.45, 7) is 6.48. The molecule has 0 bridgehead atoms. The first-order chi connectivity index (χ1) is 17.0. The van der Waals surface area contributed by atoms with Crippen molar-refractivity contribution in [1.29, 1.82) is 0 Å². The third-order valence-corrected chi connectivity index (χ3v) is 7.63. The van der Waals surface area contributed by atoms with Gasteiger partial charge in [0, 0.05) is 37.3 Å². The first-order valence-corrected chi connectivity index (χ1v) is 13.0. The summed E-state index contributed by atoms with van der Waals surface area (Å²) in [5, 5.41) is 4.32. The van der Waals surface area contributed by atoms with Crippen LogP contribution in [0.5, 0.6) is 0 Å². The number of hydrogen-bond acceptors (Lipinski definition) is 5. The minimum absolute atomic E-state index is 0.0698. The summed E-state index contributed by atoms with van der Waals surface area (Å²) < 4.78 is 0. The number of hydrogen-bond donors (Lipinski definition) is 2. The van der Waals surface area contributed by atoms with E-state index in [4.69, 9.17) is 4.98 Å². The van der Waals surface area contributed by atoms with Gasteiger partial charge in [0.25, 0.3) is 0 Å². The fourth-order valence-electron chi connectivity index (χ4n) is 4.59. The average Bonchev–Trinajstić information content (AvgIpc) is 3.47. The van der Waals surface area contributed by atoms with E-state index in [2.05, 4.69) is 58.3 Å². The highest BCUT2D eigenvalue weighted by atomic mass is 32.2. The van der Waals surface area contributed by atoms with Crippen molar-refractivity contribution in [2.24, 2.45) is 0 Å². The summed E-state index contributed by atoms with van der Waals surface area (Å²) in [6.07, 6.45) is 4.32. The van der Waals surface area contributed by atoms with Crippen molar-refractivity contribution in [2.45, 2.75) is 55.7 Å². The van der Waals surface area contributed by atoms with E-state index in [0.717, 1.165) is 41.3 Å². The smallest absolute Gasteiger partial charge is 0.237 e. The van der Waals surface area contributed by atoms with E-state index in [9.17, 15) is 4.79 Å². The second kappa shape index (κ2) is 10.6. The van der Waals surface area contributed by atoms with E-state index in [1.54, 1.807) is 24.2 Å². The van der Waals surface area contributed by atoms with Crippen LogP contribution in [0.4, 0.5) is 0 Å². The summed E-state index contributed by atoms with van der Waals surface area (Å²) in [4.78, 5) is 27.9. The molecule has 0 unspecified atom stereocenters. The second-order valence-corrected chi connectivity index (χ2v) is 10.7. The van der Waals surface area contributed by atoms with E-state index in [-0.39, 0.29) is 17.2 Å². The van der Waals surface area contributed by atoms with Crippen LogP contribution in [-0.4, -0.2) is 43.6 Å². The van der Waals surface area contributed by atoms with Crippen molar-refractivity contribution in [3.63, 3.8) is 0 Å². The Kier molecular flexibility index (Phi) is 7.16. The van der Waals surface area contributed by atoms with Gasteiger partial charge in [0.2, 0.25) is 5.91 Å². The number of rotatable bonds is 8. The molecule has 1 aliphatic heterocycles. The number of fused-ring (bicyclic) bond motifs is 1. The van der Waals surface area contributed by atoms with E-state index in [1.165, 1.54) is 11.1 Å². The average molecular weight is 486 g/mol. The SMILES string of the molecule is CC(C)c1ccc(CN2C[C@H](Sc3nc4ccccc4[nH]3)C[C@H]2C(=O)NCc2cccnc2)cc1. The molecule has 0 spiro atoms. The highest BCUT2D eigenvalue weighted by Crippen LogP contribution is 2.33. The molecule has 7 heteroatoms. The maximum Gasteiger partial charge on any atom is 0.237 e. The van der Waals surface area contributed by atoms with Crippen molar-refractivity contribution in [2.75, 3.05) is 6.54 Å². The van der Waals surface area contributed by atoms with Crippen molar-refractivity contribution < 1.29 is 4.79 Å². The summed E-state index contributed by atoms with van der Waals surface area (Å²) in [6, 6.07) is 20.6. The molecule has 3 heterocycles. The number of H-pyrrole nitrogens is 1. The monoisotopic (exact) mass is 485 g/mol. The molecule has 5 rings (SSSR count). The Morgan fingerprint density at radius 1 is 1.11 bits per heavy atom. The number of aromatic nitrogens is 3. The predicted molar refractivity (Wildman–Crippen MR) is 141 cm³/mol. The van der Waals surface area contributed by atoms with Crippen LogP contribution in [0, 0.1) is 0 Å². The lowest BCUT2D eigenvalue weighted by atomic mass is 10.0. The Bertz CT molecular complexity index is 1240. The van der Waals surface area contributed by atoms with Crippen LogP contribution in [0.3, 0.4) is 0 Å². The molecule has 2 atom stereocenters. The number of imidazole rings is 1. The predicted octanol–water partition coefficient (Wildman–Crippen LogP) is 5.13. The van der Waals surface area contributed by atoms with Gasteiger partial charge in [0.05, 0.1) is 17.1 Å². The Morgan fingerprint density at radius 2 is 1.94 bits per heavy atom. The Balaban J connectivity index is 1.30. The van der Waals surface area contributed by atoms with E-state index in [1.807, 2.05) is 36.4 Å². The molecule has 1 aliphatic rings. The maximum atomic E-state index is 13.3. The minimum Gasteiger partial charge on any atom is -0.351 e. The van der Waals surface area contributed by atoms with Crippen LogP contribution in [0.1, 0.15) is 42.9 Å².